The normalized spacial score (nSPS) is 22.0. The summed E-state index contributed by atoms with van der Waals surface area (Å²) < 4.78 is 25.7. The Morgan fingerprint density at radius 3 is 2.39 bits per heavy atom. The van der Waals surface area contributed by atoms with E-state index < -0.39 is 9.84 Å². The van der Waals surface area contributed by atoms with Crippen molar-refractivity contribution in [1.29, 1.82) is 0 Å². The lowest BCUT2D eigenvalue weighted by Crippen LogP contribution is -2.50. The number of hydrogen-bond donors (Lipinski definition) is 0. The highest BCUT2D eigenvalue weighted by atomic mass is 32.2. The number of aryl methyl sites for hydroxylation is 1. The van der Waals surface area contributed by atoms with Gasteiger partial charge in [-0.15, -0.1) is 0 Å². The summed E-state index contributed by atoms with van der Waals surface area (Å²) in [5, 5.41) is 4.70. The van der Waals surface area contributed by atoms with E-state index in [0.29, 0.717) is 19.5 Å². The van der Waals surface area contributed by atoms with Gasteiger partial charge in [-0.1, -0.05) is 37.3 Å². The number of piperazine rings is 1. The molecular formula is C23H32N4O3S. The molecule has 8 heteroatoms. The molecule has 2 fully saturated rings. The van der Waals surface area contributed by atoms with Crippen molar-refractivity contribution in [3.05, 3.63) is 47.3 Å². The molecule has 168 valence electrons. The first-order chi connectivity index (χ1) is 14.8. The van der Waals surface area contributed by atoms with E-state index in [4.69, 9.17) is 5.10 Å². The molecule has 1 amide bonds. The molecule has 4 rings (SSSR count). The van der Waals surface area contributed by atoms with Crippen molar-refractivity contribution in [3.8, 4) is 0 Å². The minimum atomic E-state index is -2.96. The second-order valence-corrected chi connectivity index (χ2v) is 10.9. The Morgan fingerprint density at radius 1 is 1.13 bits per heavy atom. The van der Waals surface area contributed by atoms with Gasteiger partial charge in [0.15, 0.2) is 9.84 Å². The molecule has 0 unspecified atom stereocenters. The fourth-order valence-electron chi connectivity index (χ4n) is 5.04. The van der Waals surface area contributed by atoms with Crippen molar-refractivity contribution in [2.75, 3.05) is 42.6 Å². The van der Waals surface area contributed by atoms with Crippen LogP contribution < -0.4 is 4.90 Å². The number of sulfone groups is 1. The van der Waals surface area contributed by atoms with Gasteiger partial charge in [-0.05, 0) is 32.3 Å². The number of carbonyl (C=O) groups excluding carboxylic acids is 1. The lowest BCUT2D eigenvalue weighted by Gasteiger charge is -2.37. The maximum atomic E-state index is 13.2. The number of rotatable bonds is 5. The van der Waals surface area contributed by atoms with E-state index in [1.165, 1.54) is 0 Å². The van der Waals surface area contributed by atoms with Crippen molar-refractivity contribution in [2.45, 2.75) is 45.6 Å². The molecule has 2 aliphatic heterocycles. The fraction of sp³-hybridized carbons (Fsp3) is 0.565. The summed E-state index contributed by atoms with van der Waals surface area (Å²) in [4.78, 5) is 17.5. The molecule has 0 saturated carbocycles. The molecule has 0 radical (unpaired) electrons. The zero-order valence-electron chi connectivity index (χ0n) is 18.6. The predicted octanol–water partition coefficient (Wildman–Crippen LogP) is 2.70. The van der Waals surface area contributed by atoms with Gasteiger partial charge in [-0.3, -0.25) is 9.48 Å². The molecule has 7 nitrogen and oxygen atoms in total. The van der Waals surface area contributed by atoms with Gasteiger partial charge in [0.05, 0.1) is 40.5 Å². The Bertz CT molecular complexity index is 1040. The number of aromatic nitrogens is 2. The second kappa shape index (κ2) is 8.65. The quantitative estimate of drug-likeness (QED) is 0.709. The molecule has 0 spiro atoms. The smallest absolute Gasteiger partial charge is 0.230 e. The maximum Gasteiger partial charge on any atom is 0.230 e. The second-order valence-electron chi connectivity index (χ2n) is 8.70. The van der Waals surface area contributed by atoms with Crippen LogP contribution in [-0.2, 0) is 14.6 Å². The first kappa shape index (κ1) is 21.9. The molecule has 1 aromatic carbocycles. The lowest BCUT2D eigenvalue weighted by atomic mass is 9.95. The number of hydrogen-bond acceptors (Lipinski definition) is 5. The predicted molar refractivity (Wildman–Crippen MR) is 122 cm³/mol. The van der Waals surface area contributed by atoms with Gasteiger partial charge in [0.25, 0.3) is 0 Å². The molecule has 31 heavy (non-hydrogen) atoms. The molecule has 2 atom stereocenters. The number of benzene rings is 1. The van der Waals surface area contributed by atoms with Crippen LogP contribution in [-0.4, -0.2) is 66.7 Å². The zero-order valence-corrected chi connectivity index (χ0v) is 19.4. The molecule has 2 aliphatic rings. The third kappa shape index (κ3) is 4.35. The Kier molecular flexibility index (Phi) is 6.10. The van der Waals surface area contributed by atoms with E-state index >= 15 is 0 Å². The van der Waals surface area contributed by atoms with Gasteiger partial charge >= 0.3 is 0 Å². The molecule has 0 N–H and O–H groups in total. The first-order valence-electron chi connectivity index (χ1n) is 11.2. The SMILES string of the molecule is CC[C@@H](C(=O)N1CCN(c2c(C)nn([C@H]3CCS(=O)(=O)C3)c2C)CC1)c1ccccc1. The van der Waals surface area contributed by atoms with Crippen LogP contribution in [0, 0.1) is 13.8 Å². The van der Waals surface area contributed by atoms with Crippen LogP contribution in [0.25, 0.3) is 0 Å². The highest BCUT2D eigenvalue weighted by molar-refractivity contribution is 7.91. The number of anilines is 1. The summed E-state index contributed by atoms with van der Waals surface area (Å²) in [7, 11) is -2.96. The van der Waals surface area contributed by atoms with Crippen LogP contribution in [0.15, 0.2) is 30.3 Å². The van der Waals surface area contributed by atoms with Gasteiger partial charge in [-0.25, -0.2) is 8.42 Å². The van der Waals surface area contributed by atoms with Crippen molar-refractivity contribution in [2.24, 2.45) is 0 Å². The summed E-state index contributed by atoms with van der Waals surface area (Å²) in [6, 6.07) is 9.95. The summed E-state index contributed by atoms with van der Waals surface area (Å²) in [6.07, 6.45) is 1.42. The molecule has 2 saturated heterocycles. The van der Waals surface area contributed by atoms with E-state index in [2.05, 4.69) is 11.8 Å². The maximum absolute atomic E-state index is 13.2. The van der Waals surface area contributed by atoms with Crippen LogP contribution in [0.5, 0.6) is 0 Å². The minimum absolute atomic E-state index is 0.0727. The zero-order chi connectivity index (χ0) is 22.2. The van der Waals surface area contributed by atoms with Gasteiger partial charge in [-0.2, -0.15) is 5.10 Å². The van der Waals surface area contributed by atoms with Crippen molar-refractivity contribution in [3.63, 3.8) is 0 Å². The highest BCUT2D eigenvalue weighted by Gasteiger charge is 2.33. The molecule has 3 heterocycles. The van der Waals surface area contributed by atoms with Crippen LogP contribution in [0.4, 0.5) is 5.69 Å². The van der Waals surface area contributed by atoms with Gasteiger partial charge in [0.2, 0.25) is 5.91 Å². The van der Waals surface area contributed by atoms with Crippen LogP contribution >= 0.6 is 0 Å². The minimum Gasteiger partial charge on any atom is -0.365 e. The van der Waals surface area contributed by atoms with E-state index in [0.717, 1.165) is 42.1 Å². The summed E-state index contributed by atoms with van der Waals surface area (Å²) in [5.41, 5.74) is 4.12. The van der Waals surface area contributed by atoms with E-state index in [1.807, 2.05) is 53.8 Å². The summed E-state index contributed by atoms with van der Waals surface area (Å²) >= 11 is 0. The van der Waals surface area contributed by atoms with Crippen LogP contribution in [0.3, 0.4) is 0 Å². The summed E-state index contributed by atoms with van der Waals surface area (Å²) in [5.74, 6) is 0.526. The Morgan fingerprint density at radius 2 is 1.81 bits per heavy atom. The van der Waals surface area contributed by atoms with Gasteiger partial charge in [0, 0.05) is 26.2 Å². The van der Waals surface area contributed by atoms with Crippen molar-refractivity contribution >= 4 is 21.4 Å². The molecule has 0 bridgehead atoms. The lowest BCUT2D eigenvalue weighted by molar-refractivity contribution is -0.133. The molecule has 1 aromatic heterocycles. The van der Waals surface area contributed by atoms with E-state index in [-0.39, 0.29) is 29.4 Å². The third-order valence-corrected chi connectivity index (χ3v) is 8.41. The largest absolute Gasteiger partial charge is 0.365 e. The number of amides is 1. The van der Waals surface area contributed by atoms with Crippen LogP contribution in [0.1, 0.15) is 48.7 Å². The summed E-state index contributed by atoms with van der Waals surface area (Å²) in [6.45, 7) is 8.97. The average molecular weight is 445 g/mol. The number of carbonyl (C=O) groups is 1. The molecule has 2 aromatic rings. The van der Waals surface area contributed by atoms with E-state index in [9.17, 15) is 13.2 Å². The fourth-order valence-corrected chi connectivity index (χ4v) is 6.74. The standard InChI is InChI=1S/C23H32N4O3S/c1-4-21(19-8-6-5-7-9-19)23(28)26-13-11-25(12-14-26)22-17(2)24-27(18(22)3)20-10-15-31(29,30)16-20/h5-9,20-21H,4,10-16H2,1-3H3/t20-,21+/m0/s1. The highest BCUT2D eigenvalue weighted by Crippen LogP contribution is 2.32. The molecule has 0 aliphatic carbocycles. The van der Waals surface area contributed by atoms with Crippen molar-refractivity contribution in [1.82, 2.24) is 14.7 Å². The van der Waals surface area contributed by atoms with Crippen molar-refractivity contribution < 1.29 is 13.2 Å². The van der Waals surface area contributed by atoms with Gasteiger partial charge < -0.3 is 9.80 Å². The number of nitrogens with zero attached hydrogens (tertiary/aromatic N) is 4. The molecular weight excluding hydrogens is 412 g/mol. The first-order valence-corrected chi connectivity index (χ1v) is 13.0. The average Bonchev–Trinajstić information content (AvgIpc) is 3.27. The van der Waals surface area contributed by atoms with E-state index in [1.54, 1.807) is 0 Å². The van der Waals surface area contributed by atoms with Gasteiger partial charge in [0.1, 0.15) is 0 Å². The third-order valence-electron chi connectivity index (χ3n) is 6.66. The Hall–Kier alpha value is -2.35. The topological polar surface area (TPSA) is 75.5 Å². The Labute approximate surface area is 184 Å². The Balaban J connectivity index is 1.45. The monoisotopic (exact) mass is 444 g/mol. The van der Waals surface area contributed by atoms with Crippen LogP contribution in [0.2, 0.25) is 0 Å².